The van der Waals surface area contributed by atoms with Crippen LogP contribution in [0, 0.1) is 0 Å². The van der Waals surface area contributed by atoms with E-state index in [1.54, 1.807) is 12.1 Å². The topological polar surface area (TPSA) is 64.8 Å². The molecule has 2 rings (SSSR count). The van der Waals surface area contributed by atoms with Crippen LogP contribution in [0.15, 0.2) is 18.2 Å². The molecule has 5 nitrogen and oxygen atoms in total. The van der Waals surface area contributed by atoms with Gasteiger partial charge in [0.25, 0.3) is 0 Å². The smallest absolute Gasteiger partial charge is 0.337 e. The molecular formula is C13H18N2O3. The van der Waals surface area contributed by atoms with Crippen molar-refractivity contribution in [3.63, 3.8) is 0 Å². The highest BCUT2D eigenvalue weighted by molar-refractivity contribution is 5.91. The van der Waals surface area contributed by atoms with Crippen molar-refractivity contribution < 1.29 is 14.3 Å². The monoisotopic (exact) mass is 250 g/mol. The van der Waals surface area contributed by atoms with Gasteiger partial charge in [0, 0.05) is 13.7 Å². The minimum Gasteiger partial charge on any atom is -0.465 e. The molecule has 1 atom stereocenters. The van der Waals surface area contributed by atoms with Crippen LogP contribution in [0.5, 0.6) is 0 Å². The molecule has 2 N–H and O–H groups in total. The molecule has 0 amide bonds. The maximum Gasteiger partial charge on any atom is 0.337 e. The summed E-state index contributed by atoms with van der Waals surface area (Å²) in [6.45, 7) is 1.50. The summed E-state index contributed by atoms with van der Waals surface area (Å²) in [7, 11) is 3.34. The minimum atomic E-state index is -0.375. The lowest BCUT2D eigenvalue weighted by Gasteiger charge is -2.26. The Morgan fingerprint density at radius 1 is 1.56 bits per heavy atom. The third-order valence-corrected chi connectivity index (χ3v) is 3.28. The molecule has 18 heavy (non-hydrogen) atoms. The van der Waals surface area contributed by atoms with Gasteiger partial charge in [-0.2, -0.15) is 0 Å². The molecule has 0 saturated carbocycles. The van der Waals surface area contributed by atoms with Crippen molar-refractivity contribution in [3.05, 3.63) is 23.8 Å². The van der Waals surface area contributed by atoms with Crippen molar-refractivity contribution in [1.82, 2.24) is 0 Å². The highest BCUT2D eigenvalue weighted by Crippen LogP contribution is 2.27. The molecule has 1 aromatic carbocycles. The third kappa shape index (κ3) is 2.41. The molecule has 0 aliphatic carbocycles. The Labute approximate surface area is 106 Å². The third-order valence-electron chi connectivity index (χ3n) is 3.28. The number of rotatable bonds is 3. The average Bonchev–Trinajstić information content (AvgIpc) is 2.90. The zero-order valence-electron chi connectivity index (χ0n) is 10.7. The molecule has 5 heteroatoms. The second kappa shape index (κ2) is 5.27. The molecule has 0 aromatic heterocycles. The van der Waals surface area contributed by atoms with Gasteiger partial charge in [-0.05, 0) is 24.6 Å². The Kier molecular flexibility index (Phi) is 3.72. The van der Waals surface area contributed by atoms with E-state index in [1.165, 1.54) is 7.11 Å². The molecule has 0 radical (unpaired) electrons. The minimum absolute atomic E-state index is 0.344. The number of hydrogen-bond donors (Lipinski definition) is 1. The number of benzene rings is 1. The molecule has 1 heterocycles. The number of methoxy groups -OCH3 is 1. The van der Waals surface area contributed by atoms with Crippen LogP contribution in [-0.4, -0.2) is 39.4 Å². The number of nitrogens with two attached hydrogens (primary N) is 1. The molecule has 1 aromatic rings. The number of likely N-dealkylation sites (N-methyl/N-ethyl adjacent to an activating group) is 1. The van der Waals surface area contributed by atoms with Gasteiger partial charge in [-0.15, -0.1) is 0 Å². The number of nitrogens with zero attached hydrogens (tertiary/aromatic N) is 1. The van der Waals surface area contributed by atoms with Crippen LogP contribution in [0.4, 0.5) is 11.4 Å². The molecule has 1 aliphatic heterocycles. The van der Waals surface area contributed by atoms with Crippen LogP contribution in [0.3, 0.4) is 0 Å². The highest BCUT2D eigenvalue weighted by atomic mass is 16.5. The van der Waals surface area contributed by atoms with E-state index in [0.717, 1.165) is 18.7 Å². The van der Waals surface area contributed by atoms with Crippen molar-refractivity contribution in [1.29, 1.82) is 0 Å². The summed E-state index contributed by atoms with van der Waals surface area (Å²) in [6.07, 6.45) is 0.995. The molecule has 1 fully saturated rings. The lowest BCUT2D eigenvalue weighted by atomic mass is 10.1. The summed E-state index contributed by atoms with van der Waals surface area (Å²) in [5, 5.41) is 0. The van der Waals surface area contributed by atoms with Crippen LogP contribution >= 0.6 is 0 Å². The molecular weight excluding hydrogens is 232 g/mol. The molecule has 1 unspecified atom stereocenters. The van der Waals surface area contributed by atoms with E-state index in [2.05, 4.69) is 9.64 Å². The molecule has 1 saturated heterocycles. The first-order chi connectivity index (χ1) is 8.63. The lowest BCUT2D eigenvalue weighted by molar-refractivity contribution is 0.0601. The summed E-state index contributed by atoms with van der Waals surface area (Å²) >= 11 is 0. The first-order valence-electron chi connectivity index (χ1n) is 5.92. The zero-order valence-corrected chi connectivity index (χ0v) is 10.7. The van der Waals surface area contributed by atoms with Crippen molar-refractivity contribution in [2.75, 3.05) is 38.0 Å². The summed E-state index contributed by atoms with van der Waals surface area (Å²) in [6, 6.07) is 5.56. The predicted molar refractivity (Wildman–Crippen MR) is 69.8 cm³/mol. The van der Waals surface area contributed by atoms with E-state index in [9.17, 15) is 4.79 Å². The Hall–Kier alpha value is -1.75. The Morgan fingerprint density at radius 3 is 2.89 bits per heavy atom. The second-order valence-corrected chi connectivity index (χ2v) is 4.39. The van der Waals surface area contributed by atoms with Gasteiger partial charge in [-0.25, -0.2) is 4.79 Å². The SMILES string of the molecule is COC(=O)c1ccc(N(C)C2CCOC2)c(N)c1. The van der Waals surface area contributed by atoms with Crippen molar-refractivity contribution in [2.24, 2.45) is 0 Å². The van der Waals surface area contributed by atoms with Gasteiger partial charge in [-0.1, -0.05) is 0 Å². The fraction of sp³-hybridized carbons (Fsp3) is 0.462. The van der Waals surface area contributed by atoms with Crippen molar-refractivity contribution in [2.45, 2.75) is 12.5 Å². The molecule has 0 bridgehead atoms. The maximum atomic E-state index is 11.4. The Bertz CT molecular complexity index is 442. The van der Waals surface area contributed by atoms with Crippen LogP contribution in [-0.2, 0) is 9.47 Å². The van der Waals surface area contributed by atoms with Crippen LogP contribution in [0.2, 0.25) is 0 Å². The van der Waals surface area contributed by atoms with E-state index in [4.69, 9.17) is 10.5 Å². The molecule has 0 spiro atoms. The summed E-state index contributed by atoms with van der Waals surface area (Å²) in [5.41, 5.74) is 7.95. The fourth-order valence-electron chi connectivity index (χ4n) is 2.14. The standard InChI is InChI=1S/C13H18N2O3/c1-15(10-5-6-18-8-10)12-4-3-9(7-11(12)14)13(16)17-2/h3-4,7,10H,5-6,8,14H2,1-2H3. The number of ether oxygens (including phenoxy) is 2. The van der Waals surface area contributed by atoms with E-state index in [1.807, 2.05) is 13.1 Å². The Balaban J connectivity index is 2.21. The largest absolute Gasteiger partial charge is 0.465 e. The first-order valence-corrected chi connectivity index (χ1v) is 5.92. The number of nitrogen functional groups attached to an aromatic ring is 1. The average molecular weight is 250 g/mol. The maximum absolute atomic E-state index is 11.4. The van der Waals surface area contributed by atoms with E-state index in [-0.39, 0.29) is 5.97 Å². The number of anilines is 2. The predicted octanol–water partition coefficient (Wildman–Crippen LogP) is 1.28. The number of esters is 1. The van der Waals surface area contributed by atoms with Crippen LogP contribution in [0.25, 0.3) is 0 Å². The normalized spacial score (nSPS) is 18.7. The van der Waals surface area contributed by atoms with Gasteiger partial charge >= 0.3 is 5.97 Å². The first kappa shape index (κ1) is 12.7. The lowest BCUT2D eigenvalue weighted by Crippen LogP contribution is -2.32. The molecule has 1 aliphatic rings. The summed E-state index contributed by atoms with van der Waals surface area (Å²) < 4.78 is 10.0. The zero-order chi connectivity index (χ0) is 13.1. The van der Waals surface area contributed by atoms with Crippen molar-refractivity contribution in [3.8, 4) is 0 Å². The van der Waals surface area contributed by atoms with Crippen LogP contribution in [0.1, 0.15) is 16.8 Å². The van der Waals surface area contributed by atoms with E-state index in [0.29, 0.717) is 23.9 Å². The number of carbonyl (C=O) groups excluding carboxylic acids is 1. The number of hydrogen-bond acceptors (Lipinski definition) is 5. The number of carbonyl (C=O) groups is 1. The van der Waals surface area contributed by atoms with Gasteiger partial charge in [-0.3, -0.25) is 0 Å². The Morgan fingerprint density at radius 2 is 2.33 bits per heavy atom. The summed E-state index contributed by atoms with van der Waals surface area (Å²) in [5.74, 6) is -0.375. The van der Waals surface area contributed by atoms with Gasteiger partial charge in [0.2, 0.25) is 0 Å². The van der Waals surface area contributed by atoms with E-state index < -0.39 is 0 Å². The highest BCUT2D eigenvalue weighted by Gasteiger charge is 2.22. The van der Waals surface area contributed by atoms with Gasteiger partial charge in [0.05, 0.1) is 36.7 Å². The van der Waals surface area contributed by atoms with Crippen LogP contribution < -0.4 is 10.6 Å². The van der Waals surface area contributed by atoms with E-state index >= 15 is 0 Å². The second-order valence-electron chi connectivity index (χ2n) is 4.39. The van der Waals surface area contributed by atoms with Gasteiger partial charge < -0.3 is 20.1 Å². The molecule has 98 valence electrons. The van der Waals surface area contributed by atoms with Gasteiger partial charge in [0.1, 0.15) is 0 Å². The summed E-state index contributed by atoms with van der Waals surface area (Å²) in [4.78, 5) is 13.5. The quantitative estimate of drug-likeness (QED) is 0.646. The fourth-order valence-corrected chi connectivity index (χ4v) is 2.14. The van der Waals surface area contributed by atoms with Gasteiger partial charge in [0.15, 0.2) is 0 Å². The van der Waals surface area contributed by atoms with Crippen molar-refractivity contribution >= 4 is 17.3 Å².